The molecule has 1 aromatic carbocycles. The van der Waals surface area contributed by atoms with Crippen molar-refractivity contribution >= 4 is 22.7 Å². The highest BCUT2D eigenvalue weighted by atomic mass is 32.1. The van der Waals surface area contributed by atoms with Crippen LogP contribution in [0.5, 0.6) is 5.75 Å². The van der Waals surface area contributed by atoms with Crippen LogP contribution in [-0.2, 0) is 6.42 Å². The van der Waals surface area contributed by atoms with E-state index in [-0.39, 0.29) is 16.7 Å². The Hall–Kier alpha value is -2.08. The molecule has 0 aliphatic heterocycles. The molecule has 5 nitrogen and oxygen atoms in total. The van der Waals surface area contributed by atoms with Gasteiger partial charge in [0.2, 0.25) is 0 Å². The Morgan fingerprint density at radius 3 is 3.05 bits per heavy atom. The number of nitrogens with zero attached hydrogens (tertiary/aromatic N) is 1. The zero-order valence-electron chi connectivity index (χ0n) is 11.7. The third-order valence-electron chi connectivity index (χ3n) is 3.78. The van der Waals surface area contributed by atoms with Crippen molar-refractivity contribution in [3.8, 4) is 5.75 Å². The van der Waals surface area contributed by atoms with Crippen LogP contribution in [-0.4, -0.2) is 12.0 Å². The summed E-state index contributed by atoms with van der Waals surface area (Å²) in [6.45, 7) is 0. The van der Waals surface area contributed by atoms with Crippen LogP contribution >= 0.6 is 11.3 Å². The summed E-state index contributed by atoms with van der Waals surface area (Å²) in [5.74, 6) is 0.493. The molecule has 1 aromatic heterocycles. The van der Waals surface area contributed by atoms with Crippen LogP contribution < -0.4 is 10.1 Å². The van der Waals surface area contributed by atoms with Crippen molar-refractivity contribution in [1.82, 2.24) is 0 Å². The highest BCUT2D eigenvalue weighted by Gasteiger charge is 2.24. The van der Waals surface area contributed by atoms with Gasteiger partial charge in [0.1, 0.15) is 11.4 Å². The van der Waals surface area contributed by atoms with E-state index in [1.807, 2.05) is 0 Å². The second-order valence-corrected chi connectivity index (χ2v) is 6.03. The van der Waals surface area contributed by atoms with Gasteiger partial charge in [-0.3, -0.25) is 10.1 Å². The molecule has 1 heterocycles. The third-order valence-corrected chi connectivity index (χ3v) is 4.78. The lowest BCUT2D eigenvalue weighted by molar-refractivity contribution is -0.384. The first-order valence-corrected chi connectivity index (χ1v) is 7.72. The van der Waals surface area contributed by atoms with E-state index >= 15 is 0 Å². The number of nitro benzene ring substituents is 1. The molecule has 0 amide bonds. The van der Waals surface area contributed by atoms with Gasteiger partial charge in [-0.1, -0.05) is 0 Å². The van der Waals surface area contributed by atoms with Crippen LogP contribution in [0.25, 0.3) is 0 Å². The fourth-order valence-electron chi connectivity index (χ4n) is 2.74. The number of hydrogen-bond donors (Lipinski definition) is 1. The highest BCUT2D eigenvalue weighted by molar-refractivity contribution is 7.10. The molecule has 110 valence electrons. The third kappa shape index (κ3) is 2.71. The van der Waals surface area contributed by atoms with Gasteiger partial charge in [-0.05, 0) is 48.4 Å². The maximum absolute atomic E-state index is 11.2. The monoisotopic (exact) mass is 304 g/mol. The van der Waals surface area contributed by atoms with Crippen LogP contribution in [0.1, 0.15) is 29.3 Å². The minimum atomic E-state index is -0.373. The summed E-state index contributed by atoms with van der Waals surface area (Å²) >= 11 is 1.76. The minimum absolute atomic E-state index is 0.0525. The molecule has 1 N–H and O–H groups in total. The van der Waals surface area contributed by atoms with Crippen LogP contribution in [0.4, 0.5) is 11.4 Å². The number of benzene rings is 1. The molecule has 21 heavy (non-hydrogen) atoms. The number of fused-ring (bicyclic) bond motifs is 1. The smallest absolute Gasteiger partial charge is 0.296 e. The summed E-state index contributed by atoms with van der Waals surface area (Å²) in [7, 11) is 1.50. The standard InChI is InChI=1S/C15H16N2O3S/c1-20-10-5-6-13(14(9-10)17(18)19)16-12-3-2-4-15-11(12)7-8-21-15/h5-9,12,16H,2-4H2,1H3. The van der Waals surface area contributed by atoms with Gasteiger partial charge in [-0.25, -0.2) is 0 Å². The van der Waals surface area contributed by atoms with Gasteiger partial charge in [0, 0.05) is 4.88 Å². The molecule has 1 aliphatic carbocycles. The lowest BCUT2D eigenvalue weighted by Gasteiger charge is -2.24. The number of nitrogens with one attached hydrogen (secondary N) is 1. The second kappa shape index (κ2) is 5.73. The van der Waals surface area contributed by atoms with Crippen molar-refractivity contribution in [3.63, 3.8) is 0 Å². The fourth-order valence-corrected chi connectivity index (χ4v) is 3.72. The highest BCUT2D eigenvalue weighted by Crippen LogP contribution is 2.38. The summed E-state index contributed by atoms with van der Waals surface area (Å²) in [4.78, 5) is 12.3. The lowest BCUT2D eigenvalue weighted by atomic mass is 9.94. The molecule has 1 unspecified atom stereocenters. The van der Waals surface area contributed by atoms with E-state index in [9.17, 15) is 10.1 Å². The Bertz CT molecular complexity index is 669. The molecule has 1 aliphatic rings. The molecule has 0 radical (unpaired) electrons. The number of aryl methyl sites for hydroxylation is 1. The molecule has 1 atom stereocenters. The van der Waals surface area contributed by atoms with Crippen molar-refractivity contribution in [3.05, 3.63) is 50.2 Å². The molecule has 2 aromatic rings. The van der Waals surface area contributed by atoms with Crippen molar-refractivity contribution in [2.45, 2.75) is 25.3 Å². The Morgan fingerprint density at radius 1 is 1.43 bits per heavy atom. The molecule has 6 heteroatoms. The first kappa shape index (κ1) is 13.9. The first-order valence-electron chi connectivity index (χ1n) is 6.84. The number of methoxy groups -OCH3 is 1. The SMILES string of the molecule is COc1ccc(NC2CCCc3sccc32)c([N+](=O)[O-])c1. The quantitative estimate of drug-likeness (QED) is 0.680. The molecule has 0 fully saturated rings. The second-order valence-electron chi connectivity index (χ2n) is 5.03. The predicted molar refractivity (Wildman–Crippen MR) is 83.3 cm³/mol. The maximum Gasteiger partial charge on any atom is 0.296 e. The van der Waals surface area contributed by atoms with E-state index < -0.39 is 0 Å². The molecule has 0 spiro atoms. The average Bonchev–Trinajstić information content (AvgIpc) is 2.97. The van der Waals surface area contributed by atoms with E-state index in [0.29, 0.717) is 11.4 Å². The van der Waals surface area contributed by atoms with Crippen molar-refractivity contribution in [2.24, 2.45) is 0 Å². The van der Waals surface area contributed by atoms with Gasteiger partial charge in [0.25, 0.3) is 5.69 Å². The topological polar surface area (TPSA) is 64.4 Å². The van der Waals surface area contributed by atoms with Crippen LogP contribution in [0.3, 0.4) is 0 Å². The molecular formula is C15H16N2O3S. The fraction of sp³-hybridized carbons (Fsp3) is 0.333. The number of ether oxygens (including phenoxy) is 1. The van der Waals surface area contributed by atoms with E-state index in [1.165, 1.54) is 23.6 Å². The number of hydrogen-bond acceptors (Lipinski definition) is 5. The van der Waals surface area contributed by atoms with Crippen molar-refractivity contribution in [1.29, 1.82) is 0 Å². The molecular weight excluding hydrogens is 288 g/mol. The Balaban J connectivity index is 1.91. The first-order chi connectivity index (χ1) is 10.2. The van der Waals surface area contributed by atoms with Gasteiger partial charge < -0.3 is 10.1 Å². The molecule has 0 saturated heterocycles. The van der Waals surface area contributed by atoms with Gasteiger partial charge in [0.15, 0.2) is 0 Å². The Labute approximate surface area is 126 Å². The molecule has 0 saturated carbocycles. The summed E-state index contributed by atoms with van der Waals surface area (Å²) in [5.41, 5.74) is 1.87. The summed E-state index contributed by atoms with van der Waals surface area (Å²) in [5, 5.41) is 16.7. The van der Waals surface area contributed by atoms with Gasteiger partial charge in [0.05, 0.1) is 24.1 Å². The lowest BCUT2D eigenvalue weighted by Crippen LogP contribution is -2.16. The number of nitro groups is 1. The summed E-state index contributed by atoms with van der Waals surface area (Å²) < 4.78 is 5.06. The largest absolute Gasteiger partial charge is 0.496 e. The van der Waals surface area contributed by atoms with E-state index in [0.717, 1.165) is 19.3 Å². The zero-order chi connectivity index (χ0) is 14.8. The van der Waals surface area contributed by atoms with E-state index in [1.54, 1.807) is 23.5 Å². The minimum Gasteiger partial charge on any atom is -0.496 e. The summed E-state index contributed by atoms with van der Waals surface area (Å²) in [6.07, 6.45) is 3.21. The van der Waals surface area contributed by atoms with Crippen molar-refractivity contribution in [2.75, 3.05) is 12.4 Å². The van der Waals surface area contributed by atoms with Gasteiger partial charge in [-0.15, -0.1) is 11.3 Å². The van der Waals surface area contributed by atoms with Crippen LogP contribution in [0.15, 0.2) is 29.6 Å². The van der Waals surface area contributed by atoms with Gasteiger partial charge in [-0.2, -0.15) is 0 Å². The Kier molecular flexibility index (Phi) is 3.79. The van der Waals surface area contributed by atoms with E-state index in [4.69, 9.17) is 4.74 Å². The number of thiophene rings is 1. The average molecular weight is 304 g/mol. The summed E-state index contributed by atoms with van der Waals surface area (Å²) in [6, 6.07) is 7.18. The normalized spacial score (nSPS) is 17.1. The number of anilines is 1. The molecule has 0 bridgehead atoms. The molecule has 3 rings (SSSR count). The Morgan fingerprint density at radius 2 is 2.29 bits per heavy atom. The maximum atomic E-state index is 11.2. The zero-order valence-corrected chi connectivity index (χ0v) is 12.5. The van der Waals surface area contributed by atoms with Crippen molar-refractivity contribution < 1.29 is 9.66 Å². The van der Waals surface area contributed by atoms with E-state index in [2.05, 4.69) is 16.8 Å². The van der Waals surface area contributed by atoms with Crippen LogP contribution in [0, 0.1) is 10.1 Å². The van der Waals surface area contributed by atoms with Gasteiger partial charge >= 0.3 is 0 Å². The predicted octanol–water partition coefficient (Wildman–Crippen LogP) is 4.15. The van der Waals surface area contributed by atoms with Crippen LogP contribution in [0.2, 0.25) is 0 Å². The number of rotatable bonds is 4.